The van der Waals surface area contributed by atoms with E-state index in [2.05, 4.69) is 5.16 Å². The number of nitrogens with zero attached hydrogens (tertiary/aromatic N) is 2. The monoisotopic (exact) mass is 330 g/mol. The van der Waals surface area contributed by atoms with Crippen molar-refractivity contribution in [1.29, 1.82) is 0 Å². The molecule has 2 aromatic rings. The number of carbonyl (C=O) groups is 1. The third kappa shape index (κ3) is 3.12. The summed E-state index contributed by atoms with van der Waals surface area (Å²) in [4.78, 5) is 14.6. The minimum atomic E-state index is -0.0214. The number of hydrogen-bond acceptors (Lipinski definition) is 5. The fourth-order valence-electron chi connectivity index (χ4n) is 2.48. The molecule has 1 aliphatic rings. The summed E-state index contributed by atoms with van der Waals surface area (Å²) in [6.45, 7) is 4.47. The van der Waals surface area contributed by atoms with Gasteiger partial charge in [-0.05, 0) is 38.1 Å². The van der Waals surface area contributed by atoms with Crippen LogP contribution in [0.15, 0.2) is 33.8 Å². The highest BCUT2D eigenvalue weighted by atomic mass is 32.2. The number of benzene rings is 1. The van der Waals surface area contributed by atoms with Gasteiger partial charge in [-0.25, -0.2) is 0 Å². The van der Waals surface area contributed by atoms with Crippen molar-refractivity contribution >= 4 is 23.7 Å². The van der Waals surface area contributed by atoms with E-state index in [9.17, 15) is 4.79 Å². The van der Waals surface area contributed by atoms with Crippen LogP contribution in [0, 0.1) is 13.8 Å². The number of rotatable bonds is 3. The van der Waals surface area contributed by atoms with E-state index in [1.165, 1.54) is 0 Å². The van der Waals surface area contributed by atoms with Gasteiger partial charge in [-0.1, -0.05) is 11.2 Å². The zero-order valence-corrected chi connectivity index (χ0v) is 14.1. The van der Waals surface area contributed by atoms with Crippen LogP contribution in [0.1, 0.15) is 27.4 Å². The number of hydrogen-bond donors (Lipinski definition) is 0. The molecule has 0 radical (unpaired) electrons. The summed E-state index contributed by atoms with van der Waals surface area (Å²) in [6, 6.07) is 7.23. The molecule has 5 nitrogen and oxygen atoms in total. The van der Waals surface area contributed by atoms with Gasteiger partial charge in [0.05, 0.1) is 17.8 Å². The van der Waals surface area contributed by atoms with Gasteiger partial charge in [0.25, 0.3) is 5.91 Å². The quantitative estimate of drug-likeness (QED) is 0.862. The van der Waals surface area contributed by atoms with Gasteiger partial charge in [0, 0.05) is 23.4 Å². The zero-order chi connectivity index (χ0) is 16.4. The first-order chi connectivity index (χ1) is 11.1. The second-order valence-electron chi connectivity index (χ2n) is 5.26. The Bertz CT molecular complexity index is 747. The summed E-state index contributed by atoms with van der Waals surface area (Å²) in [6.07, 6.45) is 1.98. The highest BCUT2D eigenvalue weighted by Gasteiger charge is 2.26. The molecule has 0 unspecified atom stereocenters. The van der Waals surface area contributed by atoms with Crippen LogP contribution in [0.4, 0.5) is 0 Å². The number of aryl methyl sites for hydroxylation is 2. The molecule has 1 amide bonds. The largest absolute Gasteiger partial charge is 0.497 e. The second kappa shape index (κ2) is 6.50. The molecule has 1 aromatic heterocycles. The van der Waals surface area contributed by atoms with Gasteiger partial charge in [0.15, 0.2) is 0 Å². The van der Waals surface area contributed by atoms with E-state index in [1.54, 1.807) is 35.9 Å². The second-order valence-corrected chi connectivity index (χ2v) is 6.37. The molecule has 0 saturated carbocycles. The Kier molecular flexibility index (Phi) is 4.43. The number of aromatic nitrogens is 1. The van der Waals surface area contributed by atoms with Gasteiger partial charge < -0.3 is 14.2 Å². The molecule has 0 aliphatic carbocycles. The van der Waals surface area contributed by atoms with Crippen LogP contribution >= 0.6 is 11.8 Å². The number of carbonyl (C=O) groups excluding carboxylic acids is 1. The molecule has 1 aliphatic heterocycles. The molecular weight excluding hydrogens is 312 g/mol. The molecule has 23 heavy (non-hydrogen) atoms. The molecule has 3 rings (SSSR count). The third-order valence-corrected chi connectivity index (χ3v) is 4.77. The lowest BCUT2D eigenvalue weighted by Crippen LogP contribution is -2.26. The normalized spacial score (nSPS) is 16.1. The Morgan fingerprint density at radius 3 is 2.96 bits per heavy atom. The molecule has 0 atom stereocenters. The number of thioether (sulfide) groups is 1. The van der Waals surface area contributed by atoms with Gasteiger partial charge in [0.1, 0.15) is 11.5 Å². The summed E-state index contributed by atoms with van der Waals surface area (Å²) < 4.78 is 10.4. The van der Waals surface area contributed by atoms with Gasteiger partial charge in [-0.2, -0.15) is 0 Å². The summed E-state index contributed by atoms with van der Waals surface area (Å²) in [5.41, 5.74) is 2.39. The van der Waals surface area contributed by atoms with Gasteiger partial charge >= 0.3 is 0 Å². The van der Waals surface area contributed by atoms with Crippen LogP contribution in [0.2, 0.25) is 0 Å². The predicted molar refractivity (Wildman–Crippen MR) is 90.4 cm³/mol. The summed E-state index contributed by atoms with van der Waals surface area (Å²) in [5, 5.41) is 4.88. The maximum absolute atomic E-state index is 12.8. The van der Waals surface area contributed by atoms with Crippen molar-refractivity contribution < 1.29 is 14.1 Å². The third-order valence-electron chi connectivity index (χ3n) is 3.75. The van der Waals surface area contributed by atoms with Crippen molar-refractivity contribution in [3.05, 3.63) is 51.9 Å². The molecule has 1 aromatic carbocycles. The van der Waals surface area contributed by atoms with Crippen molar-refractivity contribution in [3.63, 3.8) is 0 Å². The van der Waals surface area contributed by atoms with Crippen molar-refractivity contribution in [2.45, 2.75) is 13.8 Å². The molecule has 0 N–H and O–H groups in total. The van der Waals surface area contributed by atoms with Crippen LogP contribution in [0.5, 0.6) is 5.75 Å². The fraction of sp³-hybridized carbons (Fsp3) is 0.294. The smallest absolute Gasteiger partial charge is 0.258 e. The first kappa shape index (κ1) is 15.7. The van der Waals surface area contributed by atoms with Crippen molar-refractivity contribution in [2.75, 3.05) is 19.4 Å². The molecule has 1 saturated heterocycles. The average Bonchev–Trinajstić information content (AvgIpc) is 3.16. The highest BCUT2D eigenvalue weighted by molar-refractivity contribution is 8.03. The SMILES string of the molecule is COc1cccc(C(=O)N2CCS/C2=C/c2c(C)noc2C)c1. The molecular formula is C17H18N2O3S. The van der Waals surface area contributed by atoms with Crippen LogP contribution in [0.3, 0.4) is 0 Å². The standard InChI is InChI=1S/C17H18N2O3S/c1-11-15(12(2)22-18-11)10-16-19(7-8-23-16)17(20)13-5-4-6-14(9-13)21-3/h4-6,9-10H,7-8H2,1-3H3/b16-10+. The molecule has 1 fully saturated rings. The van der Waals surface area contributed by atoms with Crippen molar-refractivity contribution in [1.82, 2.24) is 10.1 Å². The Balaban J connectivity index is 1.90. The summed E-state index contributed by atoms with van der Waals surface area (Å²) >= 11 is 1.66. The van der Waals surface area contributed by atoms with E-state index >= 15 is 0 Å². The molecule has 0 spiro atoms. The Labute approximate surface area is 139 Å². The number of amides is 1. The minimum Gasteiger partial charge on any atom is -0.497 e. The van der Waals surface area contributed by atoms with E-state index < -0.39 is 0 Å². The summed E-state index contributed by atoms with van der Waals surface area (Å²) in [7, 11) is 1.60. The fourth-order valence-corrected chi connectivity index (χ4v) is 3.50. The predicted octanol–water partition coefficient (Wildman–Crippen LogP) is 3.49. The maximum atomic E-state index is 12.8. The minimum absolute atomic E-state index is 0.0214. The molecule has 2 heterocycles. The molecule has 0 bridgehead atoms. The highest BCUT2D eigenvalue weighted by Crippen LogP contribution is 2.32. The Morgan fingerprint density at radius 2 is 2.26 bits per heavy atom. The lowest BCUT2D eigenvalue weighted by Gasteiger charge is -2.17. The van der Waals surface area contributed by atoms with Crippen LogP contribution < -0.4 is 4.74 Å². The topological polar surface area (TPSA) is 55.6 Å². The average molecular weight is 330 g/mol. The Morgan fingerprint density at radius 1 is 1.43 bits per heavy atom. The van der Waals surface area contributed by atoms with Gasteiger partial charge in [-0.3, -0.25) is 4.79 Å². The Hall–Kier alpha value is -2.21. The first-order valence-corrected chi connectivity index (χ1v) is 8.32. The van der Waals surface area contributed by atoms with Crippen LogP contribution in [0.25, 0.3) is 6.08 Å². The van der Waals surface area contributed by atoms with Crippen LogP contribution in [-0.2, 0) is 0 Å². The van der Waals surface area contributed by atoms with Gasteiger partial charge in [-0.15, -0.1) is 11.8 Å². The van der Waals surface area contributed by atoms with Gasteiger partial charge in [0.2, 0.25) is 0 Å². The molecule has 120 valence electrons. The zero-order valence-electron chi connectivity index (χ0n) is 13.3. The van der Waals surface area contributed by atoms with E-state index in [0.29, 0.717) is 17.9 Å². The number of methoxy groups -OCH3 is 1. The van der Waals surface area contributed by atoms with Crippen molar-refractivity contribution in [3.8, 4) is 5.75 Å². The van der Waals surface area contributed by atoms with E-state index in [-0.39, 0.29) is 5.91 Å². The van der Waals surface area contributed by atoms with E-state index in [0.717, 1.165) is 27.8 Å². The van der Waals surface area contributed by atoms with E-state index in [4.69, 9.17) is 9.26 Å². The summed E-state index contributed by atoms with van der Waals surface area (Å²) in [5.74, 6) is 2.30. The van der Waals surface area contributed by atoms with E-state index in [1.807, 2.05) is 32.1 Å². The lowest BCUT2D eigenvalue weighted by molar-refractivity contribution is 0.0830. The molecule has 6 heteroatoms. The number of ether oxygens (including phenoxy) is 1. The first-order valence-electron chi connectivity index (χ1n) is 7.33. The van der Waals surface area contributed by atoms with Crippen molar-refractivity contribution in [2.24, 2.45) is 0 Å². The van der Waals surface area contributed by atoms with Crippen LogP contribution in [-0.4, -0.2) is 35.4 Å². The maximum Gasteiger partial charge on any atom is 0.258 e. The lowest BCUT2D eigenvalue weighted by atomic mass is 10.1.